The Morgan fingerprint density at radius 3 is 0.842 bits per heavy atom. The Morgan fingerprint density at radius 2 is 0.842 bits per heavy atom. The van der Waals surface area contributed by atoms with Gasteiger partial charge in [-0.1, -0.05) is 44.6 Å². The molecule has 0 saturated heterocycles. The van der Waals surface area contributed by atoms with Gasteiger partial charge in [0.2, 0.25) is 0 Å². The third-order valence-electron chi connectivity index (χ3n) is 0.207. The van der Waals surface area contributed by atoms with Gasteiger partial charge < -0.3 is 11.0 Å². The van der Waals surface area contributed by atoms with Gasteiger partial charge in [-0.3, -0.25) is 20.2 Å². The van der Waals surface area contributed by atoms with Crippen LogP contribution in [-0.2, 0) is 0 Å². The van der Waals surface area contributed by atoms with Crippen LogP contribution >= 0.6 is 47.8 Å². The zero-order valence-corrected chi connectivity index (χ0v) is 10.9. The summed E-state index contributed by atoms with van der Waals surface area (Å²) in [5, 5.41) is 18.5. The Labute approximate surface area is 142 Å². The number of rotatable bonds is 0. The molecule has 0 rings (SSSR count). The smallest absolute Gasteiger partial charge is 0.379 e. The van der Waals surface area contributed by atoms with Gasteiger partial charge in [-0.05, 0) is 0 Å². The van der Waals surface area contributed by atoms with Gasteiger partial charge in [0.15, 0.2) is 7.05 Å². The minimum Gasteiger partial charge on any atom is -0.412 e. The fourth-order valence-corrected chi connectivity index (χ4v) is 0. The summed E-state index contributed by atoms with van der Waals surface area (Å²) in [5.41, 5.74) is 0. The van der Waals surface area contributed by atoms with Gasteiger partial charge >= 0.3 is 2.27 Å². The first kappa shape index (κ1) is 75.3. The van der Waals surface area contributed by atoms with Crippen LogP contribution in [0.3, 0.4) is 0 Å². The number of nitro groups is 2. The van der Waals surface area contributed by atoms with Crippen LogP contribution in [0.4, 0.5) is 0 Å². The lowest BCUT2D eigenvalue weighted by Gasteiger charge is -1.98. The van der Waals surface area contributed by atoms with Gasteiger partial charge in [-0.2, -0.15) is 0 Å². The summed E-state index contributed by atoms with van der Waals surface area (Å²) in [6.07, 6.45) is 0. The van der Waals surface area contributed by atoms with Crippen LogP contribution in [0, 0.1) is 20.2 Å². The molecule has 0 radical (unpaired) electrons. The van der Waals surface area contributed by atoms with E-state index in [1.54, 1.807) is 0 Å². The highest BCUT2D eigenvalue weighted by Gasteiger charge is 2.30. The van der Waals surface area contributed by atoms with Gasteiger partial charge in [0.05, 0.1) is 4.92 Å². The molecule has 19 heavy (non-hydrogen) atoms. The van der Waals surface area contributed by atoms with Gasteiger partial charge in [0.25, 0.3) is 0 Å². The third-order valence-corrected chi connectivity index (χ3v) is 1.08. The molecule has 0 aliphatic rings. The van der Waals surface area contributed by atoms with Crippen molar-refractivity contribution in [3.63, 3.8) is 0 Å². The van der Waals surface area contributed by atoms with E-state index in [0.29, 0.717) is 0 Å². The molecule has 0 aromatic rings. The van der Waals surface area contributed by atoms with Crippen molar-refractivity contribution in [2.45, 2.75) is 46.8 Å². The molecule has 0 aliphatic heterocycles. The number of halogens is 3. The van der Waals surface area contributed by atoms with Crippen molar-refractivity contribution >= 4 is 47.8 Å². The van der Waals surface area contributed by atoms with E-state index in [4.69, 9.17) is 10.1 Å². The SMILES string of the molecule is C.C.C.C.C.C.C[N+](=O)[O-].O.O.O=[N+]([O-])C(Br)(Br)Br. The molecular formula is C8H31Br3N2O6. The molecular weight excluding hydrogens is 460 g/mol. The number of alkyl halides is 3. The van der Waals surface area contributed by atoms with Gasteiger partial charge in [0.1, 0.15) is 0 Å². The van der Waals surface area contributed by atoms with Crippen LogP contribution in [0.5, 0.6) is 0 Å². The zero-order chi connectivity index (χ0) is 9.65. The van der Waals surface area contributed by atoms with E-state index >= 15 is 0 Å². The van der Waals surface area contributed by atoms with Crippen molar-refractivity contribution in [2.24, 2.45) is 0 Å². The van der Waals surface area contributed by atoms with Gasteiger partial charge in [-0.15, -0.1) is 0 Å². The van der Waals surface area contributed by atoms with E-state index in [0.717, 1.165) is 7.05 Å². The molecule has 0 unspecified atom stereocenters. The van der Waals surface area contributed by atoms with Crippen LogP contribution in [0.15, 0.2) is 0 Å². The second-order valence-electron chi connectivity index (χ2n) is 1.16. The van der Waals surface area contributed by atoms with Crippen LogP contribution in [-0.4, -0.2) is 30.1 Å². The molecule has 11 heteroatoms. The second kappa shape index (κ2) is 36.2. The monoisotopic (exact) mass is 488 g/mol. The quantitative estimate of drug-likeness (QED) is 0.217. The predicted octanol–water partition coefficient (Wildman–Crippen LogP) is 4.12. The average molecular weight is 491 g/mol. The first-order chi connectivity index (χ1) is 4.68. The maximum absolute atomic E-state index is 9.69. The van der Waals surface area contributed by atoms with Crippen molar-refractivity contribution in [1.29, 1.82) is 0 Å². The van der Waals surface area contributed by atoms with Crippen molar-refractivity contribution in [2.75, 3.05) is 7.05 Å². The molecule has 0 amide bonds. The summed E-state index contributed by atoms with van der Waals surface area (Å²) in [7, 11) is 0.889. The molecule has 0 spiro atoms. The maximum atomic E-state index is 9.69. The summed E-state index contributed by atoms with van der Waals surface area (Å²) in [4.78, 5) is 17.4. The van der Waals surface area contributed by atoms with Gasteiger partial charge in [0, 0.05) is 52.7 Å². The molecule has 8 nitrogen and oxygen atoms in total. The Balaban J connectivity index is -0.00000000787. The molecule has 0 fully saturated rings. The van der Waals surface area contributed by atoms with Crippen molar-refractivity contribution in [1.82, 2.24) is 0 Å². The van der Waals surface area contributed by atoms with Crippen LogP contribution in [0.1, 0.15) is 44.6 Å². The fourth-order valence-electron chi connectivity index (χ4n) is 0. The fraction of sp³-hybridized carbons (Fsp3) is 1.00. The number of hydrogen-bond acceptors (Lipinski definition) is 4. The van der Waals surface area contributed by atoms with Crippen molar-refractivity contribution < 1.29 is 20.8 Å². The topological polar surface area (TPSA) is 149 Å². The molecule has 0 bridgehead atoms. The first-order valence-corrected chi connectivity index (χ1v) is 4.35. The van der Waals surface area contributed by atoms with E-state index in [1.165, 1.54) is 0 Å². The normalized spacial score (nSPS) is 5.47. The summed E-state index contributed by atoms with van der Waals surface area (Å²) < 4.78 is -1.34. The summed E-state index contributed by atoms with van der Waals surface area (Å²) >= 11 is 8.03. The van der Waals surface area contributed by atoms with Gasteiger partial charge in [-0.25, -0.2) is 0 Å². The molecule has 0 aromatic carbocycles. The Bertz CT molecular complexity index is 163. The Hall–Kier alpha value is 0.160. The lowest BCUT2D eigenvalue weighted by molar-refractivity contribution is -0.476. The lowest BCUT2D eigenvalue weighted by atomic mass is 11.5. The minimum atomic E-state index is -1.34. The highest BCUT2D eigenvalue weighted by molar-refractivity contribution is 9.39. The van der Waals surface area contributed by atoms with Crippen molar-refractivity contribution in [3.05, 3.63) is 20.2 Å². The molecule has 0 aliphatic carbocycles. The van der Waals surface area contributed by atoms with Crippen molar-refractivity contribution in [3.8, 4) is 0 Å². The molecule has 0 aromatic heterocycles. The molecule has 0 atom stereocenters. The first-order valence-electron chi connectivity index (χ1n) is 1.97. The molecule has 4 N–H and O–H groups in total. The van der Waals surface area contributed by atoms with E-state index < -0.39 is 12.1 Å². The highest BCUT2D eigenvalue weighted by atomic mass is 80.0. The second-order valence-corrected chi connectivity index (χ2v) is 7.80. The Morgan fingerprint density at radius 1 is 0.789 bits per heavy atom. The molecule has 0 saturated carbocycles. The largest absolute Gasteiger partial charge is 0.412 e. The minimum absolute atomic E-state index is 0. The van der Waals surface area contributed by atoms with E-state index in [9.17, 15) is 10.1 Å². The molecule has 0 heterocycles. The van der Waals surface area contributed by atoms with E-state index in [-0.39, 0.29) is 55.5 Å². The van der Waals surface area contributed by atoms with Crippen LogP contribution < -0.4 is 0 Å². The van der Waals surface area contributed by atoms with Crippen LogP contribution in [0.25, 0.3) is 0 Å². The van der Waals surface area contributed by atoms with E-state index in [2.05, 4.69) is 47.8 Å². The Kier molecular flexibility index (Phi) is 143. The van der Waals surface area contributed by atoms with Crippen LogP contribution in [0.2, 0.25) is 0 Å². The molecule has 130 valence electrons. The summed E-state index contributed by atoms with van der Waals surface area (Å²) in [6.45, 7) is 0. The average Bonchev–Trinajstić information content (AvgIpc) is 1.59. The third kappa shape index (κ3) is 125. The lowest BCUT2D eigenvalue weighted by Crippen LogP contribution is -2.13. The van der Waals surface area contributed by atoms with E-state index in [1.807, 2.05) is 0 Å². The number of nitrogens with zero attached hydrogens (tertiary/aromatic N) is 2. The number of hydrogen-bond donors (Lipinski definition) is 0. The maximum Gasteiger partial charge on any atom is 0.379 e. The zero-order valence-electron chi connectivity index (χ0n) is 6.16. The highest BCUT2D eigenvalue weighted by Crippen LogP contribution is 2.33. The summed E-state index contributed by atoms with van der Waals surface area (Å²) in [6, 6.07) is 0. The standard InChI is InChI=1S/CBr3NO2.CH3NO2.6CH4.2H2O/c2-1(3,4)5(6)7;1-2(3)4;;;;;;;;/h;1H3;6*1H4;2*1H2. The predicted molar refractivity (Wildman–Crippen MR) is 97.0 cm³/mol. The summed E-state index contributed by atoms with van der Waals surface area (Å²) in [5.74, 6) is 0.